The van der Waals surface area contributed by atoms with Gasteiger partial charge in [0, 0.05) is 17.2 Å². The molecule has 0 unspecified atom stereocenters. The van der Waals surface area contributed by atoms with E-state index in [9.17, 15) is 17.6 Å². The zero-order valence-electron chi connectivity index (χ0n) is 10.8. The largest absolute Gasteiger partial charge is 0.391 e. The molecule has 0 spiro atoms. The summed E-state index contributed by atoms with van der Waals surface area (Å²) in [7, 11) is 0. The van der Waals surface area contributed by atoms with Crippen molar-refractivity contribution in [2.45, 2.75) is 13.0 Å². The van der Waals surface area contributed by atoms with Crippen molar-refractivity contribution in [2.75, 3.05) is 0 Å². The molecule has 0 fully saturated rings. The third kappa shape index (κ3) is 4.30. The lowest BCUT2D eigenvalue weighted by atomic mass is 10.1. The summed E-state index contributed by atoms with van der Waals surface area (Å²) >= 11 is 0. The van der Waals surface area contributed by atoms with E-state index in [1.807, 2.05) is 0 Å². The van der Waals surface area contributed by atoms with Gasteiger partial charge in [0.2, 0.25) is 0 Å². The van der Waals surface area contributed by atoms with Crippen LogP contribution in [-0.2, 0) is 11.4 Å². The highest BCUT2D eigenvalue weighted by molar-refractivity contribution is 5.79. The zero-order valence-corrected chi connectivity index (χ0v) is 10.8. The Hall–Kier alpha value is -2.37. The predicted octanol–water partition coefficient (Wildman–Crippen LogP) is 4.45. The molecule has 2 rings (SSSR count). The van der Waals surface area contributed by atoms with Gasteiger partial charge in [-0.15, -0.1) is 0 Å². The number of hydrogen-bond donors (Lipinski definition) is 0. The molecule has 0 atom stereocenters. The molecule has 0 amide bonds. The van der Waals surface area contributed by atoms with E-state index in [2.05, 4.69) is 5.16 Å². The van der Waals surface area contributed by atoms with Crippen molar-refractivity contribution < 1.29 is 22.4 Å². The Kier molecular flexibility index (Phi) is 4.92. The van der Waals surface area contributed by atoms with Gasteiger partial charge in [-0.2, -0.15) is 0 Å². The Balaban J connectivity index is 1.90. The topological polar surface area (TPSA) is 21.6 Å². The average Bonchev–Trinajstić information content (AvgIpc) is 2.46. The van der Waals surface area contributed by atoms with E-state index in [4.69, 9.17) is 4.84 Å². The van der Waals surface area contributed by atoms with Gasteiger partial charge in [-0.3, -0.25) is 0 Å². The molecule has 110 valence electrons. The maximum atomic E-state index is 13.3. The molecule has 2 aromatic carbocycles. The van der Waals surface area contributed by atoms with Gasteiger partial charge >= 0.3 is 0 Å². The fourth-order valence-electron chi connectivity index (χ4n) is 1.57. The molecule has 0 N–H and O–H groups in total. The minimum absolute atomic E-state index is 0.0820. The van der Waals surface area contributed by atoms with E-state index in [1.54, 1.807) is 0 Å². The van der Waals surface area contributed by atoms with Gasteiger partial charge < -0.3 is 4.84 Å². The highest BCUT2D eigenvalue weighted by Crippen LogP contribution is 2.18. The Morgan fingerprint density at radius 2 is 1.76 bits per heavy atom. The molecule has 2 aromatic rings. The van der Waals surface area contributed by atoms with Gasteiger partial charge in [-0.1, -0.05) is 29.4 Å². The molecule has 0 radical (unpaired) electrons. The summed E-state index contributed by atoms with van der Waals surface area (Å²) in [6, 6.07) is 8.63. The monoisotopic (exact) mass is 297 g/mol. The molecule has 2 nitrogen and oxygen atoms in total. The van der Waals surface area contributed by atoms with Crippen LogP contribution in [0.15, 0.2) is 47.6 Å². The van der Waals surface area contributed by atoms with Crippen LogP contribution in [-0.4, -0.2) is 6.21 Å². The van der Waals surface area contributed by atoms with Crippen LogP contribution < -0.4 is 0 Å². The molecule has 0 aliphatic rings. The van der Waals surface area contributed by atoms with Crippen LogP contribution in [0.1, 0.15) is 23.1 Å². The normalized spacial score (nSPS) is 11.3. The van der Waals surface area contributed by atoms with Crippen LogP contribution in [0, 0.1) is 11.6 Å². The molecule has 0 saturated carbocycles. The quantitative estimate of drug-likeness (QED) is 0.454. The number of oxime groups is 1. The summed E-state index contributed by atoms with van der Waals surface area (Å²) in [5.41, 5.74) is 0.655. The fourth-order valence-corrected chi connectivity index (χ4v) is 1.57. The first-order valence-electron chi connectivity index (χ1n) is 6.03. The summed E-state index contributed by atoms with van der Waals surface area (Å²) in [6.07, 6.45) is -1.20. The first-order chi connectivity index (χ1) is 10.1. The van der Waals surface area contributed by atoms with E-state index < -0.39 is 18.1 Å². The Morgan fingerprint density at radius 1 is 1.05 bits per heavy atom. The van der Waals surface area contributed by atoms with Crippen molar-refractivity contribution in [3.63, 3.8) is 0 Å². The fraction of sp³-hybridized carbons (Fsp3) is 0.133. The van der Waals surface area contributed by atoms with Gasteiger partial charge in [0.05, 0.1) is 6.21 Å². The van der Waals surface area contributed by atoms with Crippen LogP contribution in [0.5, 0.6) is 0 Å². The van der Waals surface area contributed by atoms with Crippen molar-refractivity contribution in [3.05, 3.63) is 70.8 Å². The van der Waals surface area contributed by atoms with Crippen molar-refractivity contribution in [1.82, 2.24) is 0 Å². The Labute approximate surface area is 118 Å². The zero-order chi connectivity index (χ0) is 15.2. The molecule has 0 aromatic heterocycles. The second kappa shape index (κ2) is 6.88. The third-order valence-corrected chi connectivity index (χ3v) is 2.70. The number of hydrogen-bond acceptors (Lipinski definition) is 2. The van der Waals surface area contributed by atoms with E-state index >= 15 is 0 Å². The Bertz CT molecular complexity index is 626. The van der Waals surface area contributed by atoms with Crippen molar-refractivity contribution >= 4 is 6.21 Å². The summed E-state index contributed by atoms with van der Waals surface area (Å²) in [5, 5.41) is 3.60. The molecule has 0 heterocycles. The summed E-state index contributed by atoms with van der Waals surface area (Å²) in [4.78, 5) is 4.88. The van der Waals surface area contributed by atoms with Gasteiger partial charge in [0.25, 0.3) is 6.43 Å². The maximum Gasteiger partial charge on any atom is 0.263 e. The SMILES string of the molecule is Fc1ccc(CON=Cc2ccc(C(F)F)cc2)c(F)c1. The van der Waals surface area contributed by atoms with Crippen LogP contribution in [0.3, 0.4) is 0 Å². The highest BCUT2D eigenvalue weighted by atomic mass is 19.3. The number of alkyl halides is 2. The molecule has 6 heteroatoms. The van der Waals surface area contributed by atoms with Gasteiger partial charge in [0.1, 0.15) is 18.2 Å². The number of benzene rings is 2. The standard InChI is InChI=1S/C15H11F4NO/c16-13-6-5-12(14(17)7-13)9-21-20-8-10-1-3-11(4-2-10)15(18)19/h1-8,15H,9H2. The molecule has 21 heavy (non-hydrogen) atoms. The lowest BCUT2D eigenvalue weighted by molar-refractivity contribution is 0.129. The lowest BCUT2D eigenvalue weighted by Crippen LogP contribution is -1.93. The molecular formula is C15H11F4NO. The maximum absolute atomic E-state index is 13.3. The summed E-state index contributed by atoms with van der Waals surface area (Å²) in [5.74, 6) is -1.38. The molecule has 0 saturated heterocycles. The van der Waals surface area contributed by atoms with Gasteiger partial charge in [-0.25, -0.2) is 17.6 Å². The predicted molar refractivity (Wildman–Crippen MR) is 70.1 cm³/mol. The average molecular weight is 297 g/mol. The third-order valence-electron chi connectivity index (χ3n) is 2.70. The lowest BCUT2D eigenvalue weighted by Gasteiger charge is -2.02. The van der Waals surface area contributed by atoms with Crippen molar-refractivity contribution in [3.8, 4) is 0 Å². The van der Waals surface area contributed by atoms with E-state index in [1.165, 1.54) is 36.5 Å². The van der Waals surface area contributed by atoms with Crippen molar-refractivity contribution in [2.24, 2.45) is 5.16 Å². The van der Waals surface area contributed by atoms with Crippen molar-refractivity contribution in [1.29, 1.82) is 0 Å². The first kappa shape index (κ1) is 15.0. The number of rotatable bonds is 5. The van der Waals surface area contributed by atoms with E-state index in [0.29, 0.717) is 5.56 Å². The number of nitrogens with zero attached hydrogens (tertiary/aromatic N) is 1. The minimum Gasteiger partial charge on any atom is -0.391 e. The second-order valence-electron chi connectivity index (χ2n) is 4.21. The molecule has 0 bridgehead atoms. The second-order valence-corrected chi connectivity index (χ2v) is 4.21. The van der Waals surface area contributed by atoms with Crippen LogP contribution in [0.25, 0.3) is 0 Å². The van der Waals surface area contributed by atoms with Crippen LogP contribution in [0.2, 0.25) is 0 Å². The van der Waals surface area contributed by atoms with Crippen LogP contribution in [0.4, 0.5) is 17.6 Å². The Morgan fingerprint density at radius 3 is 2.38 bits per heavy atom. The summed E-state index contributed by atoms with van der Waals surface area (Å²) < 4.78 is 50.6. The molecule has 0 aliphatic heterocycles. The highest BCUT2D eigenvalue weighted by Gasteiger charge is 2.05. The van der Waals surface area contributed by atoms with E-state index in [0.717, 1.165) is 12.1 Å². The van der Waals surface area contributed by atoms with Gasteiger partial charge in [-0.05, 0) is 17.7 Å². The minimum atomic E-state index is -2.52. The smallest absolute Gasteiger partial charge is 0.263 e. The van der Waals surface area contributed by atoms with Crippen LogP contribution >= 0.6 is 0 Å². The van der Waals surface area contributed by atoms with E-state index in [-0.39, 0.29) is 17.7 Å². The first-order valence-corrected chi connectivity index (χ1v) is 6.03. The van der Waals surface area contributed by atoms with Gasteiger partial charge in [0.15, 0.2) is 0 Å². The molecule has 0 aliphatic carbocycles. The number of halogens is 4. The molecular weight excluding hydrogens is 286 g/mol. The summed E-state index contributed by atoms with van der Waals surface area (Å²) in [6.45, 7) is -0.155.